The van der Waals surface area contributed by atoms with E-state index in [1.165, 1.54) is 4.90 Å². The zero-order valence-corrected chi connectivity index (χ0v) is 18.0. The van der Waals surface area contributed by atoms with Crippen LogP contribution in [-0.2, 0) is 9.59 Å². The van der Waals surface area contributed by atoms with Gasteiger partial charge in [-0.2, -0.15) is 0 Å². The third-order valence-corrected chi connectivity index (χ3v) is 5.23. The zero-order chi connectivity index (χ0) is 23.1. The first-order valence-corrected chi connectivity index (χ1v) is 10.4. The summed E-state index contributed by atoms with van der Waals surface area (Å²) in [6, 6.07) is 17.1. The molecule has 3 rings (SSSR count). The Morgan fingerprint density at radius 2 is 1.66 bits per heavy atom. The Morgan fingerprint density at radius 1 is 1.00 bits per heavy atom. The molecule has 0 saturated carbocycles. The fourth-order valence-corrected chi connectivity index (χ4v) is 3.47. The van der Waals surface area contributed by atoms with E-state index in [2.05, 4.69) is 10.6 Å². The van der Waals surface area contributed by atoms with Gasteiger partial charge in [0.05, 0.1) is 17.3 Å². The van der Waals surface area contributed by atoms with Gasteiger partial charge in [-0.25, -0.2) is 0 Å². The van der Waals surface area contributed by atoms with Crippen LogP contribution >= 0.6 is 0 Å². The summed E-state index contributed by atoms with van der Waals surface area (Å²) >= 11 is 0. The van der Waals surface area contributed by atoms with Crippen LogP contribution in [-0.4, -0.2) is 37.6 Å². The lowest BCUT2D eigenvalue weighted by Crippen LogP contribution is -2.35. The number of amides is 3. The van der Waals surface area contributed by atoms with Gasteiger partial charge < -0.3 is 20.3 Å². The molecule has 1 unspecified atom stereocenters. The number of nitrogens with zero attached hydrogens (tertiary/aromatic N) is 1. The van der Waals surface area contributed by atoms with Gasteiger partial charge in [-0.05, 0) is 53.6 Å². The van der Waals surface area contributed by atoms with Crippen LogP contribution in [0.4, 0.5) is 11.4 Å². The quantitative estimate of drug-likeness (QED) is 0.504. The number of nitrogens with one attached hydrogen (secondary N) is 2. The zero-order valence-electron chi connectivity index (χ0n) is 18.0. The maximum atomic E-state index is 13.2. The molecule has 0 heterocycles. The Kier molecular flexibility index (Phi) is 7.33. The Hall–Kier alpha value is -4.00. The molecule has 0 aromatic heterocycles. The number of fused-ring (bicyclic) bond motifs is 1. The highest BCUT2D eigenvalue weighted by Gasteiger charge is 2.19. The second-order valence-corrected chi connectivity index (χ2v) is 7.42. The predicted molar refractivity (Wildman–Crippen MR) is 125 cm³/mol. The van der Waals surface area contributed by atoms with Gasteiger partial charge in [-0.1, -0.05) is 37.6 Å². The topological polar surface area (TPSA) is 95.6 Å². The summed E-state index contributed by atoms with van der Waals surface area (Å²) in [6.07, 6.45) is 2.63. The predicted octanol–water partition coefficient (Wildman–Crippen LogP) is 3.78. The largest absolute Gasteiger partial charge is 0.343 e. The van der Waals surface area contributed by atoms with E-state index in [9.17, 15) is 19.2 Å². The number of rotatable bonds is 9. The van der Waals surface area contributed by atoms with Crippen molar-refractivity contribution in [2.75, 3.05) is 17.3 Å². The van der Waals surface area contributed by atoms with Gasteiger partial charge in [0.15, 0.2) is 0 Å². The van der Waals surface area contributed by atoms with E-state index >= 15 is 0 Å². The fourth-order valence-electron chi connectivity index (χ4n) is 3.47. The molecular weight excluding hydrogens is 406 g/mol. The van der Waals surface area contributed by atoms with Crippen LogP contribution in [0.1, 0.15) is 40.5 Å². The molecule has 0 bridgehead atoms. The first-order chi connectivity index (χ1) is 15.5. The van der Waals surface area contributed by atoms with Gasteiger partial charge in [-0.3, -0.25) is 14.4 Å². The summed E-state index contributed by atoms with van der Waals surface area (Å²) in [5.41, 5.74) is 1.75. The highest BCUT2D eigenvalue weighted by Crippen LogP contribution is 2.26. The number of carbonyl (C=O) groups excluding carboxylic acids is 4. The van der Waals surface area contributed by atoms with Gasteiger partial charge in [0.25, 0.3) is 11.8 Å². The number of benzene rings is 3. The molecule has 1 atom stereocenters. The first-order valence-electron chi connectivity index (χ1n) is 10.4. The molecule has 164 valence electrons. The lowest BCUT2D eigenvalue weighted by Gasteiger charge is -2.20. The molecule has 0 aliphatic heterocycles. The van der Waals surface area contributed by atoms with E-state index in [-0.39, 0.29) is 11.8 Å². The molecule has 0 fully saturated rings. The van der Waals surface area contributed by atoms with E-state index in [0.29, 0.717) is 35.3 Å². The Morgan fingerprint density at radius 3 is 2.25 bits per heavy atom. The molecule has 0 aliphatic rings. The fraction of sp³-hybridized carbons (Fsp3) is 0.200. The van der Waals surface area contributed by atoms with Gasteiger partial charge in [0.1, 0.15) is 6.29 Å². The van der Waals surface area contributed by atoms with Crippen LogP contribution in [0.15, 0.2) is 60.7 Å². The van der Waals surface area contributed by atoms with E-state index in [1.807, 2.05) is 31.2 Å². The minimum Gasteiger partial charge on any atom is -0.343 e. The number of aldehydes is 1. The van der Waals surface area contributed by atoms with Gasteiger partial charge in [-0.15, -0.1) is 0 Å². The Labute approximate surface area is 186 Å². The van der Waals surface area contributed by atoms with Crippen molar-refractivity contribution in [2.45, 2.75) is 25.8 Å². The number of anilines is 2. The van der Waals surface area contributed by atoms with E-state index < -0.39 is 6.04 Å². The highest BCUT2D eigenvalue weighted by molar-refractivity contribution is 6.12. The molecule has 0 spiro atoms. The molecule has 7 heteroatoms. The van der Waals surface area contributed by atoms with Crippen molar-refractivity contribution in [2.24, 2.45) is 0 Å². The van der Waals surface area contributed by atoms with Crippen molar-refractivity contribution >= 4 is 46.7 Å². The van der Waals surface area contributed by atoms with E-state index in [1.54, 1.807) is 43.4 Å². The number of hydrogen-bond donors (Lipinski definition) is 2. The third-order valence-electron chi connectivity index (χ3n) is 5.23. The lowest BCUT2D eigenvalue weighted by atomic mass is 10.0. The van der Waals surface area contributed by atoms with Crippen molar-refractivity contribution in [1.82, 2.24) is 5.32 Å². The van der Waals surface area contributed by atoms with Gasteiger partial charge >= 0.3 is 0 Å². The summed E-state index contributed by atoms with van der Waals surface area (Å²) in [5.74, 6) is -0.649. The van der Waals surface area contributed by atoms with E-state index in [0.717, 1.165) is 23.5 Å². The van der Waals surface area contributed by atoms with Gasteiger partial charge in [0.2, 0.25) is 6.41 Å². The summed E-state index contributed by atoms with van der Waals surface area (Å²) in [7, 11) is 1.63. The maximum Gasteiger partial charge on any atom is 0.260 e. The summed E-state index contributed by atoms with van der Waals surface area (Å²) in [5, 5.41) is 7.08. The van der Waals surface area contributed by atoms with Crippen molar-refractivity contribution in [1.29, 1.82) is 0 Å². The van der Waals surface area contributed by atoms with Crippen LogP contribution in [0.5, 0.6) is 0 Å². The normalized spacial score (nSPS) is 11.4. The van der Waals surface area contributed by atoms with Crippen molar-refractivity contribution in [3.63, 3.8) is 0 Å². The minimum atomic E-state index is -0.520. The van der Waals surface area contributed by atoms with Gasteiger partial charge in [0, 0.05) is 18.3 Å². The van der Waals surface area contributed by atoms with Crippen molar-refractivity contribution < 1.29 is 19.2 Å². The molecule has 2 N–H and O–H groups in total. The molecule has 0 radical (unpaired) electrons. The lowest BCUT2D eigenvalue weighted by molar-refractivity contribution is -0.109. The standard InChI is InChI=1S/C25H25N3O4/c1-3-6-20(15-29)27-24(31)17-9-11-21(12-10-17)28(2)25(32)22-13-18-7-4-5-8-19(18)14-23(22)26-16-30/h4-5,7-16,20H,3,6H2,1-2H3,(H,26,30)(H,27,31). The molecule has 3 amide bonds. The van der Waals surface area contributed by atoms with Crippen molar-refractivity contribution in [3.8, 4) is 0 Å². The molecule has 32 heavy (non-hydrogen) atoms. The average Bonchev–Trinajstić information content (AvgIpc) is 2.82. The minimum absolute atomic E-state index is 0.304. The molecule has 0 aliphatic carbocycles. The molecular formula is C25H25N3O4. The molecule has 7 nitrogen and oxygen atoms in total. The highest BCUT2D eigenvalue weighted by atomic mass is 16.2. The summed E-state index contributed by atoms with van der Waals surface area (Å²) < 4.78 is 0. The van der Waals surface area contributed by atoms with Crippen LogP contribution in [0.2, 0.25) is 0 Å². The average molecular weight is 431 g/mol. The van der Waals surface area contributed by atoms with Crippen molar-refractivity contribution in [3.05, 3.63) is 71.8 Å². The van der Waals surface area contributed by atoms with Crippen LogP contribution < -0.4 is 15.5 Å². The number of carbonyl (C=O) groups is 4. The number of hydrogen-bond acceptors (Lipinski definition) is 4. The van der Waals surface area contributed by atoms with E-state index in [4.69, 9.17) is 0 Å². The molecule has 0 saturated heterocycles. The Bertz CT molecular complexity index is 1140. The Balaban J connectivity index is 1.83. The maximum absolute atomic E-state index is 13.2. The summed E-state index contributed by atoms with van der Waals surface area (Å²) in [6.45, 7) is 1.94. The second-order valence-electron chi connectivity index (χ2n) is 7.42. The SMILES string of the molecule is CCCC(C=O)NC(=O)c1ccc(N(C)C(=O)c2cc3ccccc3cc2NC=O)cc1. The van der Waals surface area contributed by atoms with Crippen LogP contribution in [0.25, 0.3) is 10.8 Å². The summed E-state index contributed by atoms with van der Waals surface area (Å²) in [4.78, 5) is 49.2. The smallest absolute Gasteiger partial charge is 0.260 e. The molecule has 3 aromatic carbocycles. The van der Waals surface area contributed by atoms with Crippen LogP contribution in [0, 0.1) is 0 Å². The second kappa shape index (κ2) is 10.3. The molecule has 3 aromatic rings. The first kappa shape index (κ1) is 22.7. The van der Waals surface area contributed by atoms with Crippen LogP contribution in [0.3, 0.4) is 0 Å². The monoisotopic (exact) mass is 431 g/mol. The third kappa shape index (κ3) is 5.00.